The van der Waals surface area contributed by atoms with Crippen LogP contribution < -0.4 is 0 Å². The van der Waals surface area contributed by atoms with Gasteiger partial charge < -0.3 is 0 Å². The minimum absolute atomic E-state index is 0.296. The van der Waals surface area contributed by atoms with E-state index in [2.05, 4.69) is 13.8 Å². The molecule has 0 saturated heterocycles. The highest BCUT2D eigenvalue weighted by Gasteiger charge is 2.20. The van der Waals surface area contributed by atoms with Crippen molar-refractivity contribution in [2.24, 2.45) is 0 Å². The number of hydrogen-bond acceptors (Lipinski definition) is 3. The second kappa shape index (κ2) is 12.0. The van der Waals surface area contributed by atoms with Crippen molar-refractivity contribution in [1.82, 2.24) is 0 Å². The van der Waals surface area contributed by atoms with E-state index in [0.717, 1.165) is 11.1 Å². The summed E-state index contributed by atoms with van der Waals surface area (Å²) in [6.45, 7) is 4.95. The number of hydrogen-bond donors (Lipinski definition) is 0. The van der Waals surface area contributed by atoms with Crippen LogP contribution in [-0.4, -0.2) is 0 Å². The Labute approximate surface area is 134 Å². The fraction of sp³-hybridized carbons (Fsp3) is 0.333. The van der Waals surface area contributed by atoms with Gasteiger partial charge in [0.15, 0.2) is 0 Å². The Morgan fingerprint density at radius 1 is 0.727 bits per heavy atom. The quantitative estimate of drug-likeness (QED) is 0.597. The Hall–Kier alpha value is -1.54. The molecule has 0 unspecified atom stereocenters. The van der Waals surface area contributed by atoms with Gasteiger partial charge in [0.25, 0.3) is 0 Å². The molecule has 0 aliphatic rings. The van der Waals surface area contributed by atoms with Crippen LogP contribution in [0.5, 0.6) is 0 Å². The minimum atomic E-state index is -2.08. The summed E-state index contributed by atoms with van der Waals surface area (Å²) in [6.07, 6.45) is 2.64. The fourth-order valence-electron chi connectivity index (χ4n) is 1.44. The Kier molecular flexibility index (Phi) is 10.1. The summed E-state index contributed by atoms with van der Waals surface area (Å²) in [5.41, 5.74) is 1.95. The maximum absolute atomic E-state index is 11.5. The van der Waals surface area contributed by atoms with E-state index >= 15 is 0 Å². The van der Waals surface area contributed by atoms with E-state index in [1.165, 1.54) is 12.8 Å². The third kappa shape index (κ3) is 8.68. The van der Waals surface area contributed by atoms with Crippen molar-refractivity contribution in [3.63, 3.8) is 0 Å². The van der Waals surface area contributed by atoms with Crippen molar-refractivity contribution < 1.29 is 13.6 Å². The molecule has 0 aliphatic carbocycles. The zero-order chi connectivity index (χ0) is 16.0. The van der Waals surface area contributed by atoms with Gasteiger partial charge in [-0.3, -0.25) is 0 Å². The molecule has 0 bridgehead atoms. The van der Waals surface area contributed by atoms with Crippen LogP contribution in [0.3, 0.4) is 0 Å². The first-order chi connectivity index (χ1) is 10.8. The van der Waals surface area contributed by atoms with Crippen LogP contribution in [-0.2, 0) is 26.8 Å². The molecule has 22 heavy (non-hydrogen) atoms. The predicted octanol–water partition coefficient (Wildman–Crippen LogP) is 5.88. The largest absolute Gasteiger partial charge is 0.698 e. The smallest absolute Gasteiger partial charge is 0.114 e. The molecule has 118 valence electrons. The third-order valence-electron chi connectivity index (χ3n) is 2.86. The Bertz CT molecular complexity index is 467. The van der Waals surface area contributed by atoms with E-state index < -0.39 is 8.25 Å². The van der Waals surface area contributed by atoms with Crippen LogP contribution in [0.2, 0.25) is 0 Å². The van der Waals surface area contributed by atoms with Crippen LogP contribution in [0.4, 0.5) is 0 Å². The van der Waals surface area contributed by atoms with Crippen LogP contribution >= 0.6 is 8.25 Å². The molecule has 0 saturated carbocycles. The lowest BCUT2D eigenvalue weighted by Gasteiger charge is -1.95. The zero-order valence-corrected chi connectivity index (χ0v) is 14.2. The van der Waals surface area contributed by atoms with Gasteiger partial charge in [0.1, 0.15) is 13.2 Å². The lowest BCUT2D eigenvalue weighted by molar-refractivity contribution is 0.213. The number of benzene rings is 2. The molecule has 0 aliphatic heterocycles. The molecular weight excluding hydrogens is 295 g/mol. The van der Waals surface area contributed by atoms with Crippen molar-refractivity contribution in [3.8, 4) is 0 Å². The first kappa shape index (κ1) is 18.5. The standard InChI is InChI=1S/C14H14O3P.C4H10/c15-18(16-11-13-7-3-1-4-8-13)17-12-14-9-5-2-6-10-14;1-3-4-2/h1-10H,11-12H2;3-4H2,1-2H3/q+1;. The Morgan fingerprint density at radius 2 is 1.09 bits per heavy atom. The highest BCUT2D eigenvalue weighted by molar-refractivity contribution is 7.33. The molecule has 0 atom stereocenters. The van der Waals surface area contributed by atoms with Crippen molar-refractivity contribution in [2.45, 2.75) is 39.9 Å². The molecule has 0 aromatic heterocycles. The molecule has 0 radical (unpaired) electrons. The molecule has 4 heteroatoms. The van der Waals surface area contributed by atoms with Crippen molar-refractivity contribution in [1.29, 1.82) is 0 Å². The first-order valence-electron chi connectivity index (χ1n) is 7.57. The van der Waals surface area contributed by atoms with Crippen LogP contribution in [0, 0.1) is 0 Å². The Balaban J connectivity index is 0.000000541. The van der Waals surface area contributed by atoms with Crippen LogP contribution in [0.1, 0.15) is 37.8 Å². The van der Waals surface area contributed by atoms with Crippen molar-refractivity contribution in [2.75, 3.05) is 0 Å². The van der Waals surface area contributed by atoms with Gasteiger partial charge in [-0.15, -0.1) is 9.05 Å². The zero-order valence-electron chi connectivity index (χ0n) is 13.3. The van der Waals surface area contributed by atoms with Gasteiger partial charge in [-0.05, 0) is 11.1 Å². The molecular formula is C18H24O3P+. The van der Waals surface area contributed by atoms with Crippen LogP contribution in [0.25, 0.3) is 0 Å². The highest BCUT2D eigenvalue weighted by atomic mass is 31.1. The molecule has 3 nitrogen and oxygen atoms in total. The van der Waals surface area contributed by atoms with E-state index in [1.54, 1.807) is 0 Å². The minimum Gasteiger partial charge on any atom is -0.114 e. The molecule has 0 spiro atoms. The molecule has 0 amide bonds. The summed E-state index contributed by atoms with van der Waals surface area (Å²) >= 11 is 0. The van der Waals surface area contributed by atoms with E-state index in [-0.39, 0.29) is 0 Å². The van der Waals surface area contributed by atoms with Gasteiger partial charge in [0.2, 0.25) is 0 Å². The monoisotopic (exact) mass is 319 g/mol. The highest BCUT2D eigenvalue weighted by Crippen LogP contribution is 2.27. The number of rotatable bonds is 7. The SMILES string of the molecule is CCCC.O=[P+](OCc1ccccc1)OCc1ccccc1. The summed E-state index contributed by atoms with van der Waals surface area (Å²) in [4.78, 5) is 0. The molecule has 0 fully saturated rings. The normalized spacial score (nSPS) is 9.73. The summed E-state index contributed by atoms with van der Waals surface area (Å²) in [5.74, 6) is 0. The molecule has 2 aromatic rings. The summed E-state index contributed by atoms with van der Waals surface area (Å²) in [5, 5.41) is 0. The van der Waals surface area contributed by atoms with Crippen LogP contribution in [0.15, 0.2) is 60.7 Å². The second-order valence-corrected chi connectivity index (χ2v) is 5.71. The lowest BCUT2D eigenvalue weighted by Crippen LogP contribution is -1.89. The van der Waals surface area contributed by atoms with E-state index in [1.807, 2.05) is 60.7 Å². The van der Waals surface area contributed by atoms with Gasteiger partial charge in [-0.25, -0.2) is 0 Å². The van der Waals surface area contributed by atoms with Crippen molar-refractivity contribution in [3.05, 3.63) is 71.8 Å². The van der Waals surface area contributed by atoms with E-state index in [4.69, 9.17) is 9.05 Å². The van der Waals surface area contributed by atoms with E-state index in [9.17, 15) is 4.57 Å². The fourth-order valence-corrected chi connectivity index (χ4v) is 2.02. The lowest BCUT2D eigenvalue weighted by atomic mass is 10.2. The summed E-state index contributed by atoms with van der Waals surface area (Å²) in [6, 6.07) is 19.2. The maximum Gasteiger partial charge on any atom is 0.698 e. The van der Waals surface area contributed by atoms with Gasteiger partial charge in [-0.1, -0.05) is 87.4 Å². The third-order valence-corrected chi connectivity index (χ3v) is 3.54. The van der Waals surface area contributed by atoms with Gasteiger partial charge >= 0.3 is 8.25 Å². The topological polar surface area (TPSA) is 35.5 Å². The molecule has 2 rings (SSSR count). The summed E-state index contributed by atoms with van der Waals surface area (Å²) in [7, 11) is -2.08. The maximum atomic E-state index is 11.5. The molecule has 2 aromatic carbocycles. The average Bonchev–Trinajstić information content (AvgIpc) is 2.60. The Morgan fingerprint density at radius 3 is 1.41 bits per heavy atom. The van der Waals surface area contributed by atoms with Gasteiger partial charge in [0, 0.05) is 4.57 Å². The van der Waals surface area contributed by atoms with E-state index in [0.29, 0.717) is 13.2 Å². The van der Waals surface area contributed by atoms with Crippen molar-refractivity contribution >= 4 is 8.25 Å². The molecule has 0 heterocycles. The second-order valence-electron chi connectivity index (χ2n) is 4.74. The van der Waals surface area contributed by atoms with Gasteiger partial charge in [-0.2, -0.15) is 0 Å². The molecule has 0 N–H and O–H groups in total. The predicted molar refractivity (Wildman–Crippen MR) is 90.7 cm³/mol. The number of unbranched alkanes of at least 4 members (excludes halogenated alkanes) is 1. The first-order valence-corrected chi connectivity index (χ1v) is 8.66. The van der Waals surface area contributed by atoms with Gasteiger partial charge in [0.05, 0.1) is 0 Å². The summed E-state index contributed by atoms with van der Waals surface area (Å²) < 4.78 is 21.8. The average molecular weight is 319 g/mol.